The van der Waals surface area contributed by atoms with Crippen molar-refractivity contribution in [1.29, 1.82) is 0 Å². The molecule has 0 aliphatic heterocycles. The highest BCUT2D eigenvalue weighted by Gasteiger charge is 2.05. The van der Waals surface area contributed by atoms with Gasteiger partial charge in [0, 0.05) is 11.0 Å². The van der Waals surface area contributed by atoms with Crippen LogP contribution in [0.25, 0.3) is 10.4 Å². The molecule has 0 saturated heterocycles. The summed E-state index contributed by atoms with van der Waals surface area (Å²) in [5.74, 6) is 0. The molecule has 0 bridgehead atoms. The number of nitrogens with zero attached hydrogens (tertiary/aromatic N) is 3. The Morgan fingerprint density at radius 3 is 2.91 bits per heavy atom. The molecular formula is C8H13N3. The maximum Gasteiger partial charge on any atom is 0.0377 e. The molecule has 11 heavy (non-hydrogen) atoms. The molecule has 0 spiro atoms. The highest BCUT2D eigenvalue weighted by Crippen LogP contribution is 2.14. The summed E-state index contributed by atoms with van der Waals surface area (Å²) in [6.45, 7) is 0. The van der Waals surface area contributed by atoms with Crippen LogP contribution in [0.4, 0.5) is 0 Å². The van der Waals surface area contributed by atoms with Gasteiger partial charge in [-0.1, -0.05) is 17.3 Å². The topological polar surface area (TPSA) is 48.8 Å². The number of hydrogen-bond acceptors (Lipinski definition) is 1. The number of hydrogen-bond donors (Lipinski definition) is 0. The van der Waals surface area contributed by atoms with Gasteiger partial charge in [0.05, 0.1) is 0 Å². The van der Waals surface area contributed by atoms with E-state index in [2.05, 4.69) is 22.2 Å². The third-order valence-electron chi connectivity index (χ3n) is 1.96. The molecule has 0 aromatic rings. The van der Waals surface area contributed by atoms with Gasteiger partial charge >= 0.3 is 0 Å². The first-order valence-corrected chi connectivity index (χ1v) is 4.12. The first-order chi connectivity index (χ1) is 5.43. The molecule has 0 amide bonds. The quantitative estimate of drug-likeness (QED) is 0.239. The average molecular weight is 151 g/mol. The van der Waals surface area contributed by atoms with E-state index in [0.717, 1.165) is 32.1 Å². The van der Waals surface area contributed by atoms with Crippen LogP contribution in [0.3, 0.4) is 0 Å². The molecule has 0 radical (unpaired) electrons. The molecular weight excluding hydrogens is 138 g/mol. The normalized spacial score (nSPS) is 27.8. The molecule has 0 aromatic carbocycles. The molecule has 1 unspecified atom stereocenters. The summed E-state index contributed by atoms with van der Waals surface area (Å²) in [6.07, 6.45) is 9.81. The van der Waals surface area contributed by atoms with E-state index >= 15 is 0 Å². The van der Waals surface area contributed by atoms with Crippen LogP contribution in [-0.4, -0.2) is 6.04 Å². The van der Waals surface area contributed by atoms with Crippen molar-refractivity contribution in [2.75, 3.05) is 0 Å². The fourth-order valence-electron chi connectivity index (χ4n) is 1.33. The molecule has 3 nitrogen and oxygen atoms in total. The summed E-state index contributed by atoms with van der Waals surface area (Å²) in [4.78, 5) is 2.83. The zero-order valence-electron chi connectivity index (χ0n) is 6.61. The van der Waals surface area contributed by atoms with Gasteiger partial charge in [-0.3, -0.25) is 0 Å². The Hall–Kier alpha value is -0.950. The summed E-state index contributed by atoms with van der Waals surface area (Å²) < 4.78 is 0. The van der Waals surface area contributed by atoms with Gasteiger partial charge in [-0.05, 0) is 37.6 Å². The lowest BCUT2D eigenvalue weighted by Crippen LogP contribution is -2.03. The minimum Gasteiger partial charge on any atom is -0.0906 e. The van der Waals surface area contributed by atoms with Gasteiger partial charge in [0.1, 0.15) is 0 Å². The van der Waals surface area contributed by atoms with Gasteiger partial charge in [0.25, 0.3) is 0 Å². The summed E-state index contributed by atoms with van der Waals surface area (Å²) in [5, 5.41) is 3.73. The van der Waals surface area contributed by atoms with Crippen molar-refractivity contribution in [2.45, 2.75) is 38.1 Å². The zero-order valence-corrected chi connectivity index (χ0v) is 6.61. The zero-order chi connectivity index (χ0) is 7.94. The molecule has 0 heterocycles. The van der Waals surface area contributed by atoms with Crippen LogP contribution in [-0.2, 0) is 0 Å². The largest absolute Gasteiger partial charge is 0.0906 e. The smallest absolute Gasteiger partial charge is 0.0377 e. The summed E-state index contributed by atoms with van der Waals surface area (Å²) >= 11 is 0. The van der Waals surface area contributed by atoms with E-state index in [1.54, 1.807) is 0 Å². The van der Waals surface area contributed by atoms with E-state index in [1.165, 1.54) is 0 Å². The lowest BCUT2D eigenvalue weighted by molar-refractivity contribution is 0.542. The first kappa shape index (κ1) is 8.15. The fourth-order valence-corrected chi connectivity index (χ4v) is 1.33. The Balaban J connectivity index is 2.41. The van der Waals surface area contributed by atoms with Gasteiger partial charge in [0.2, 0.25) is 0 Å². The Bertz CT molecular complexity index is 180. The molecule has 1 atom stereocenters. The Morgan fingerprint density at radius 1 is 1.27 bits per heavy atom. The van der Waals surface area contributed by atoms with Crippen LogP contribution < -0.4 is 0 Å². The minimum atomic E-state index is 0.241. The van der Waals surface area contributed by atoms with Crippen molar-refractivity contribution < 1.29 is 0 Å². The van der Waals surface area contributed by atoms with Crippen molar-refractivity contribution in [3.05, 3.63) is 22.6 Å². The third kappa shape index (κ3) is 3.10. The summed E-state index contributed by atoms with van der Waals surface area (Å²) in [7, 11) is 0. The molecule has 0 N–H and O–H groups in total. The number of rotatable bonds is 1. The Labute approximate surface area is 66.7 Å². The lowest BCUT2D eigenvalue weighted by Gasteiger charge is -2.10. The second-order valence-corrected chi connectivity index (χ2v) is 2.84. The van der Waals surface area contributed by atoms with Crippen molar-refractivity contribution in [1.82, 2.24) is 0 Å². The monoisotopic (exact) mass is 151 g/mol. The summed E-state index contributed by atoms with van der Waals surface area (Å²) in [5.41, 5.74) is 8.22. The predicted octanol–water partition coefficient (Wildman–Crippen LogP) is 3.19. The number of allylic oxidation sites excluding steroid dienone is 2. The van der Waals surface area contributed by atoms with Crippen LogP contribution in [0.1, 0.15) is 32.1 Å². The highest BCUT2D eigenvalue weighted by atomic mass is 15.1. The molecule has 0 fully saturated rings. The van der Waals surface area contributed by atoms with Gasteiger partial charge in [-0.25, -0.2) is 0 Å². The fraction of sp³-hybridized carbons (Fsp3) is 0.750. The van der Waals surface area contributed by atoms with E-state index in [4.69, 9.17) is 5.53 Å². The number of azide groups is 1. The van der Waals surface area contributed by atoms with E-state index in [9.17, 15) is 0 Å². The molecule has 1 rings (SSSR count). The average Bonchev–Trinajstić information content (AvgIpc) is 1.94. The van der Waals surface area contributed by atoms with Crippen molar-refractivity contribution in [2.24, 2.45) is 5.11 Å². The molecule has 0 aromatic heterocycles. The minimum absolute atomic E-state index is 0.241. The van der Waals surface area contributed by atoms with Gasteiger partial charge in [0.15, 0.2) is 0 Å². The van der Waals surface area contributed by atoms with Crippen LogP contribution in [0.2, 0.25) is 0 Å². The maximum absolute atomic E-state index is 8.22. The van der Waals surface area contributed by atoms with Crippen molar-refractivity contribution >= 4 is 0 Å². The second-order valence-electron chi connectivity index (χ2n) is 2.84. The molecule has 1 aliphatic carbocycles. The van der Waals surface area contributed by atoms with E-state index in [1.807, 2.05) is 0 Å². The molecule has 3 heteroatoms. The maximum atomic E-state index is 8.22. The second kappa shape index (κ2) is 4.80. The van der Waals surface area contributed by atoms with Crippen molar-refractivity contribution in [3.8, 4) is 0 Å². The Morgan fingerprint density at radius 2 is 2.09 bits per heavy atom. The molecule has 0 saturated carbocycles. The van der Waals surface area contributed by atoms with Crippen molar-refractivity contribution in [3.63, 3.8) is 0 Å². The van der Waals surface area contributed by atoms with Crippen LogP contribution >= 0.6 is 0 Å². The lowest BCUT2D eigenvalue weighted by atomic mass is 10.0. The molecule has 1 aliphatic rings. The third-order valence-corrected chi connectivity index (χ3v) is 1.96. The predicted molar refractivity (Wildman–Crippen MR) is 45.2 cm³/mol. The van der Waals surface area contributed by atoms with Gasteiger partial charge in [-0.2, -0.15) is 0 Å². The first-order valence-electron chi connectivity index (χ1n) is 4.12. The van der Waals surface area contributed by atoms with Gasteiger partial charge < -0.3 is 0 Å². The van der Waals surface area contributed by atoms with E-state index in [-0.39, 0.29) is 6.04 Å². The molecule has 60 valence electrons. The van der Waals surface area contributed by atoms with Crippen LogP contribution in [0.5, 0.6) is 0 Å². The SMILES string of the molecule is [N-]=[N+]=NC1CC/C=C\CCC1. The van der Waals surface area contributed by atoms with Gasteiger partial charge in [-0.15, -0.1) is 0 Å². The Kier molecular flexibility index (Phi) is 3.56. The van der Waals surface area contributed by atoms with E-state index < -0.39 is 0 Å². The van der Waals surface area contributed by atoms with Crippen LogP contribution in [0.15, 0.2) is 17.3 Å². The summed E-state index contributed by atoms with van der Waals surface area (Å²) in [6, 6.07) is 0.241. The van der Waals surface area contributed by atoms with Crippen LogP contribution in [0, 0.1) is 0 Å². The standard InChI is InChI=1S/C8H13N3/c9-11-10-8-6-4-2-1-3-5-7-8/h1-2,8H,3-7H2/b2-1-. The van der Waals surface area contributed by atoms with E-state index in [0.29, 0.717) is 0 Å². The highest BCUT2D eigenvalue weighted by molar-refractivity contribution is 4.86.